The number of fused-ring (bicyclic) bond motifs is 1. The third-order valence-electron chi connectivity index (χ3n) is 3.69. The summed E-state index contributed by atoms with van der Waals surface area (Å²) in [6.45, 7) is -0.648. The van der Waals surface area contributed by atoms with E-state index in [1.165, 1.54) is 0 Å². The zero-order valence-electron chi connectivity index (χ0n) is 9.59. The zero-order valence-corrected chi connectivity index (χ0v) is 9.59. The summed E-state index contributed by atoms with van der Waals surface area (Å²) in [7, 11) is 0. The molecule has 17 heavy (non-hydrogen) atoms. The van der Waals surface area contributed by atoms with Gasteiger partial charge in [0.05, 0.1) is 0 Å². The van der Waals surface area contributed by atoms with E-state index < -0.39 is 18.8 Å². The maximum absolute atomic E-state index is 12.0. The maximum Gasteiger partial charge on any atom is 0.405 e. The lowest BCUT2D eigenvalue weighted by molar-refractivity contribution is -0.123. The van der Waals surface area contributed by atoms with Crippen molar-refractivity contribution >= 4 is 6.03 Å². The molecule has 1 saturated carbocycles. The van der Waals surface area contributed by atoms with Gasteiger partial charge in [0.1, 0.15) is 6.54 Å². The second-order valence-corrected chi connectivity index (χ2v) is 4.87. The van der Waals surface area contributed by atoms with Crippen LogP contribution in [0.25, 0.3) is 0 Å². The summed E-state index contributed by atoms with van der Waals surface area (Å²) in [6.07, 6.45) is 0.797. The van der Waals surface area contributed by atoms with Gasteiger partial charge < -0.3 is 10.2 Å². The fourth-order valence-corrected chi connectivity index (χ4v) is 2.98. The Kier molecular flexibility index (Phi) is 3.49. The molecule has 0 radical (unpaired) electrons. The largest absolute Gasteiger partial charge is 0.405 e. The van der Waals surface area contributed by atoms with E-state index in [1.807, 2.05) is 5.32 Å². The second-order valence-electron chi connectivity index (χ2n) is 4.87. The van der Waals surface area contributed by atoms with Crippen LogP contribution in [0.5, 0.6) is 0 Å². The number of hydrogen-bond donors (Lipinski definition) is 1. The topological polar surface area (TPSA) is 32.3 Å². The van der Waals surface area contributed by atoms with Gasteiger partial charge >= 0.3 is 12.2 Å². The predicted molar refractivity (Wildman–Crippen MR) is 56.5 cm³/mol. The van der Waals surface area contributed by atoms with Crippen molar-refractivity contribution in [2.24, 2.45) is 5.92 Å². The number of nitrogens with one attached hydrogen (secondary N) is 1. The van der Waals surface area contributed by atoms with E-state index in [0.717, 1.165) is 32.1 Å². The van der Waals surface area contributed by atoms with Crippen molar-refractivity contribution in [3.63, 3.8) is 0 Å². The van der Waals surface area contributed by atoms with Crippen molar-refractivity contribution in [3.8, 4) is 0 Å². The first kappa shape index (κ1) is 12.5. The van der Waals surface area contributed by atoms with Crippen LogP contribution in [0, 0.1) is 5.92 Å². The molecule has 6 heteroatoms. The molecule has 0 aromatic heterocycles. The van der Waals surface area contributed by atoms with Crippen LogP contribution in [0.15, 0.2) is 0 Å². The highest BCUT2D eigenvalue weighted by molar-refractivity contribution is 5.74. The number of halogens is 3. The highest BCUT2D eigenvalue weighted by Crippen LogP contribution is 2.36. The molecule has 0 aromatic rings. The van der Waals surface area contributed by atoms with Gasteiger partial charge in [0, 0.05) is 12.6 Å². The third kappa shape index (κ3) is 3.04. The van der Waals surface area contributed by atoms with Crippen molar-refractivity contribution in [1.29, 1.82) is 0 Å². The van der Waals surface area contributed by atoms with E-state index >= 15 is 0 Å². The molecule has 2 atom stereocenters. The molecule has 2 aliphatic rings. The Bertz CT molecular complexity index is 293. The standard InChI is InChI=1S/C11H17F3N2O/c12-11(13,14)7-15-10(17)16-6-2-4-8-3-1-5-9(8)16/h8-9H,1-7H2,(H,15,17). The monoisotopic (exact) mass is 250 g/mol. The van der Waals surface area contributed by atoms with Crippen LogP contribution >= 0.6 is 0 Å². The average molecular weight is 250 g/mol. The van der Waals surface area contributed by atoms with Gasteiger partial charge in [-0.15, -0.1) is 0 Å². The molecule has 1 N–H and O–H groups in total. The van der Waals surface area contributed by atoms with E-state index in [9.17, 15) is 18.0 Å². The third-order valence-corrected chi connectivity index (χ3v) is 3.69. The van der Waals surface area contributed by atoms with E-state index in [2.05, 4.69) is 0 Å². The molecule has 1 aliphatic carbocycles. The zero-order chi connectivity index (χ0) is 12.5. The number of hydrogen-bond acceptors (Lipinski definition) is 1. The summed E-state index contributed by atoms with van der Waals surface area (Å²) in [5, 5.41) is 1.97. The Morgan fingerprint density at radius 3 is 2.65 bits per heavy atom. The summed E-state index contributed by atoms with van der Waals surface area (Å²) < 4.78 is 36.1. The van der Waals surface area contributed by atoms with E-state index in [0.29, 0.717) is 12.5 Å². The first-order chi connectivity index (χ1) is 7.97. The number of urea groups is 1. The van der Waals surface area contributed by atoms with E-state index in [1.54, 1.807) is 4.90 Å². The smallest absolute Gasteiger partial charge is 0.329 e. The Labute approximate surface area is 98.3 Å². The number of likely N-dealkylation sites (tertiary alicyclic amines) is 1. The molecule has 1 saturated heterocycles. The maximum atomic E-state index is 12.0. The minimum absolute atomic E-state index is 0.164. The van der Waals surface area contributed by atoms with Crippen LogP contribution in [0.2, 0.25) is 0 Å². The summed E-state index contributed by atoms with van der Waals surface area (Å²) in [4.78, 5) is 13.3. The van der Waals surface area contributed by atoms with Crippen LogP contribution in [0.3, 0.4) is 0 Å². The van der Waals surface area contributed by atoms with Gasteiger partial charge in [-0.1, -0.05) is 6.42 Å². The highest BCUT2D eigenvalue weighted by Gasteiger charge is 2.38. The Morgan fingerprint density at radius 1 is 1.24 bits per heavy atom. The van der Waals surface area contributed by atoms with Gasteiger partial charge in [-0.3, -0.25) is 0 Å². The van der Waals surface area contributed by atoms with E-state index in [4.69, 9.17) is 0 Å². The van der Waals surface area contributed by atoms with Gasteiger partial charge in [-0.25, -0.2) is 4.79 Å². The summed E-state index contributed by atoms with van der Waals surface area (Å²) >= 11 is 0. The van der Waals surface area contributed by atoms with Gasteiger partial charge in [0.2, 0.25) is 0 Å². The second kappa shape index (κ2) is 4.74. The van der Waals surface area contributed by atoms with Crippen molar-refractivity contribution in [3.05, 3.63) is 0 Å². The number of alkyl halides is 3. The normalized spacial score (nSPS) is 29.0. The van der Waals surface area contributed by atoms with Crippen molar-refractivity contribution < 1.29 is 18.0 Å². The summed E-state index contributed by atoms with van der Waals surface area (Å²) in [5.41, 5.74) is 0. The number of nitrogens with zero attached hydrogens (tertiary/aromatic N) is 1. The SMILES string of the molecule is O=C(NCC(F)(F)F)N1CCCC2CCCC21. The van der Waals surface area contributed by atoms with E-state index in [-0.39, 0.29) is 6.04 Å². The van der Waals surface area contributed by atoms with Crippen molar-refractivity contribution in [2.45, 2.75) is 44.3 Å². The quantitative estimate of drug-likeness (QED) is 0.762. The highest BCUT2D eigenvalue weighted by atomic mass is 19.4. The molecule has 98 valence electrons. The first-order valence-electron chi connectivity index (χ1n) is 6.08. The summed E-state index contributed by atoms with van der Waals surface area (Å²) in [6, 6.07) is -0.393. The van der Waals surface area contributed by atoms with Crippen molar-refractivity contribution in [1.82, 2.24) is 10.2 Å². The number of piperidine rings is 1. The first-order valence-corrected chi connectivity index (χ1v) is 6.08. The number of carbonyl (C=O) groups excluding carboxylic acids is 1. The lowest BCUT2D eigenvalue weighted by Gasteiger charge is -2.37. The minimum atomic E-state index is -4.33. The molecule has 2 unspecified atom stereocenters. The average Bonchev–Trinajstić information content (AvgIpc) is 2.72. The predicted octanol–water partition coefficient (Wildman–Crippen LogP) is 2.52. The fraction of sp³-hybridized carbons (Fsp3) is 0.909. The molecular formula is C11H17F3N2O. The van der Waals surface area contributed by atoms with Crippen LogP contribution in [-0.4, -0.2) is 36.2 Å². The van der Waals surface area contributed by atoms with Crippen LogP contribution in [-0.2, 0) is 0 Å². The molecule has 2 rings (SSSR count). The Morgan fingerprint density at radius 2 is 1.94 bits per heavy atom. The molecule has 1 heterocycles. The lowest BCUT2D eigenvalue weighted by Crippen LogP contribution is -2.51. The summed E-state index contributed by atoms with van der Waals surface area (Å²) in [5.74, 6) is 0.500. The number of rotatable bonds is 1. The number of carbonyl (C=O) groups is 1. The molecule has 0 bridgehead atoms. The van der Waals surface area contributed by atoms with Gasteiger partial charge in [0.15, 0.2) is 0 Å². The Balaban J connectivity index is 1.90. The minimum Gasteiger partial charge on any atom is -0.329 e. The van der Waals surface area contributed by atoms with Crippen LogP contribution < -0.4 is 5.32 Å². The van der Waals surface area contributed by atoms with Crippen molar-refractivity contribution in [2.75, 3.05) is 13.1 Å². The molecule has 0 aromatic carbocycles. The van der Waals surface area contributed by atoms with Crippen LogP contribution in [0.4, 0.5) is 18.0 Å². The molecule has 0 spiro atoms. The number of amides is 2. The van der Waals surface area contributed by atoms with Gasteiger partial charge in [0.25, 0.3) is 0 Å². The molecule has 3 nitrogen and oxygen atoms in total. The van der Waals surface area contributed by atoms with Crippen LogP contribution in [0.1, 0.15) is 32.1 Å². The lowest BCUT2D eigenvalue weighted by atomic mass is 9.92. The molecular weight excluding hydrogens is 233 g/mol. The fourth-order valence-electron chi connectivity index (χ4n) is 2.98. The molecule has 1 aliphatic heterocycles. The van der Waals surface area contributed by atoms with Gasteiger partial charge in [-0.05, 0) is 31.6 Å². The Hall–Kier alpha value is -0.940. The van der Waals surface area contributed by atoms with Gasteiger partial charge in [-0.2, -0.15) is 13.2 Å². The molecule has 2 amide bonds. The molecule has 2 fully saturated rings.